The number of nitrogens with zero attached hydrogens (tertiary/aromatic N) is 2. The quantitative estimate of drug-likeness (QED) is 0.919. The van der Waals surface area contributed by atoms with E-state index in [1.54, 1.807) is 0 Å². The van der Waals surface area contributed by atoms with Gasteiger partial charge in [0.05, 0.1) is 5.52 Å². The summed E-state index contributed by atoms with van der Waals surface area (Å²) in [5.74, 6) is 2.09. The molecule has 2 heterocycles. The number of amides is 1. The van der Waals surface area contributed by atoms with Gasteiger partial charge in [-0.25, -0.2) is 4.98 Å². The molecule has 0 bridgehead atoms. The molecule has 1 aliphatic carbocycles. The number of aromatic nitrogens is 2. The molecule has 1 N–H and O–H groups in total. The molecule has 0 aromatic carbocycles. The van der Waals surface area contributed by atoms with Gasteiger partial charge in [-0.3, -0.25) is 4.79 Å². The molecule has 0 unspecified atom stereocenters. The normalized spacial score (nSPS) is 15.8. The summed E-state index contributed by atoms with van der Waals surface area (Å²) < 4.78 is 2.05. The van der Waals surface area contributed by atoms with Crippen molar-refractivity contribution in [2.75, 3.05) is 6.54 Å². The van der Waals surface area contributed by atoms with Crippen molar-refractivity contribution < 1.29 is 4.79 Å². The summed E-state index contributed by atoms with van der Waals surface area (Å²) in [5, 5.41) is 3.08. The Hall–Kier alpha value is -1.84. The van der Waals surface area contributed by atoms with Crippen LogP contribution >= 0.6 is 0 Å². The zero-order chi connectivity index (χ0) is 15.5. The maximum Gasteiger partial charge on any atom is 0.272 e. The van der Waals surface area contributed by atoms with Crippen molar-refractivity contribution in [2.24, 2.45) is 11.8 Å². The molecule has 0 atom stereocenters. The van der Waals surface area contributed by atoms with Crippen LogP contribution in [0.3, 0.4) is 0 Å². The van der Waals surface area contributed by atoms with E-state index in [2.05, 4.69) is 24.1 Å². The van der Waals surface area contributed by atoms with E-state index in [1.807, 2.05) is 28.8 Å². The highest BCUT2D eigenvalue weighted by atomic mass is 16.1. The largest absolute Gasteiger partial charge is 0.350 e. The highest BCUT2D eigenvalue weighted by Crippen LogP contribution is 2.24. The number of rotatable bonds is 5. The lowest BCUT2D eigenvalue weighted by atomic mass is 10.1. The van der Waals surface area contributed by atoms with Crippen LogP contribution in [0, 0.1) is 11.8 Å². The molecule has 0 radical (unpaired) electrons. The first-order chi connectivity index (χ1) is 10.6. The van der Waals surface area contributed by atoms with Crippen LogP contribution in [0.15, 0.2) is 24.4 Å². The molecule has 3 rings (SSSR count). The summed E-state index contributed by atoms with van der Waals surface area (Å²) in [5.41, 5.74) is 1.47. The Bertz CT molecular complexity index is 653. The van der Waals surface area contributed by atoms with Crippen LogP contribution < -0.4 is 5.32 Å². The minimum atomic E-state index is -0.0365. The zero-order valence-corrected chi connectivity index (χ0v) is 13.5. The number of carbonyl (C=O) groups is 1. The maximum absolute atomic E-state index is 12.5. The van der Waals surface area contributed by atoms with Crippen LogP contribution in [-0.4, -0.2) is 21.8 Å². The smallest absolute Gasteiger partial charge is 0.272 e. The van der Waals surface area contributed by atoms with Gasteiger partial charge in [0.15, 0.2) is 5.69 Å². The SMILES string of the molecule is CC(C)Cc1nc(C(=O)NCC2CCCC2)c2ccccn12. The maximum atomic E-state index is 12.5. The third-order valence-corrected chi connectivity index (χ3v) is 4.45. The van der Waals surface area contributed by atoms with Crippen LogP contribution in [0.25, 0.3) is 5.52 Å². The Morgan fingerprint density at radius 1 is 1.36 bits per heavy atom. The van der Waals surface area contributed by atoms with Gasteiger partial charge < -0.3 is 9.72 Å². The number of hydrogen-bond acceptors (Lipinski definition) is 2. The number of hydrogen-bond donors (Lipinski definition) is 1. The molecule has 1 amide bonds. The number of pyridine rings is 1. The predicted molar refractivity (Wildman–Crippen MR) is 88.0 cm³/mol. The average Bonchev–Trinajstić information content (AvgIpc) is 3.13. The molecule has 4 nitrogen and oxygen atoms in total. The van der Waals surface area contributed by atoms with E-state index in [0.29, 0.717) is 17.5 Å². The van der Waals surface area contributed by atoms with Crippen LogP contribution in [-0.2, 0) is 6.42 Å². The summed E-state index contributed by atoms with van der Waals surface area (Å²) in [6, 6.07) is 5.92. The number of imidazole rings is 1. The Morgan fingerprint density at radius 3 is 2.86 bits per heavy atom. The van der Waals surface area contributed by atoms with Gasteiger partial charge >= 0.3 is 0 Å². The second-order valence-electron chi connectivity index (χ2n) is 6.79. The third kappa shape index (κ3) is 3.16. The van der Waals surface area contributed by atoms with Crippen LogP contribution in [0.4, 0.5) is 0 Å². The van der Waals surface area contributed by atoms with E-state index in [4.69, 9.17) is 0 Å². The van der Waals surface area contributed by atoms with Gasteiger partial charge in [0.2, 0.25) is 0 Å². The standard InChI is InChI=1S/C18H25N3O/c1-13(2)11-16-20-17(15-9-5-6-10-21(15)16)18(22)19-12-14-7-3-4-8-14/h5-6,9-10,13-14H,3-4,7-8,11-12H2,1-2H3,(H,19,22). The first-order valence-electron chi connectivity index (χ1n) is 8.39. The van der Waals surface area contributed by atoms with Crippen LogP contribution in [0.2, 0.25) is 0 Å². The van der Waals surface area contributed by atoms with Crippen molar-refractivity contribution in [2.45, 2.75) is 46.0 Å². The van der Waals surface area contributed by atoms with E-state index >= 15 is 0 Å². The van der Waals surface area contributed by atoms with E-state index in [1.165, 1.54) is 25.7 Å². The first-order valence-corrected chi connectivity index (χ1v) is 8.39. The topological polar surface area (TPSA) is 46.4 Å². The van der Waals surface area contributed by atoms with Crippen molar-refractivity contribution in [1.29, 1.82) is 0 Å². The zero-order valence-electron chi connectivity index (χ0n) is 13.5. The molecule has 2 aromatic rings. The lowest BCUT2D eigenvalue weighted by Gasteiger charge is -2.09. The number of nitrogens with one attached hydrogen (secondary N) is 1. The number of fused-ring (bicyclic) bond motifs is 1. The summed E-state index contributed by atoms with van der Waals surface area (Å²) in [6.07, 6.45) is 7.94. The average molecular weight is 299 g/mol. The third-order valence-electron chi connectivity index (χ3n) is 4.45. The highest BCUT2D eigenvalue weighted by molar-refractivity contribution is 5.99. The fraction of sp³-hybridized carbons (Fsp3) is 0.556. The van der Waals surface area contributed by atoms with Crippen LogP contribution in [0.1, 0.15) is 55.8 Å². The summed E-state index contributed by atoms with van der Waals surface area (Å²) in [7, 11) is 0. The molecular formula is C18H25N3O. The van der Waals surface area contributed by atoms with Gasteiger partial charge in [-0.2, -0.15) is 0 Å². The van der Waals surface area contributed by atoms with Gasteiger partial charge in [-0.05, 0) is 36.8 Å². The minimum Gasteiger partial charge on any atom is -0.350 e. The van der Waals surface area contributed by atoms with E-state index in [0.717, 1.165) is 24.3 Å². The molecule has 0 aliphatic heterocycles. The fourth-order valence-electron chi connectivity index (χ4n) is 3.31. The molecule has 1 aliphatic rings. The summed E-state index contributed by atoms with van der Waals surface area (Å²) in [6.45, 7) is 5.12. The lowest BCUT2D eigenvalue weighted by Crippen LogP contribution is -2.28. The van der Waals surface area contributed by atoms with Crippen LogP contribution in [0.5, 0.6) is 0 Å². The van der Waals surface area contributed by atoms with E-state index in [-0.39, 0.29) is 5.91 Å². The summed E-state index contributed by atoms with van der Waals surface area (Å²) in [4.78, 5) is 17.2. The lowest BCUT2D eigenvalue weighted by molar-refractivity contribution is 0.0944. The fourth-order valence-corrected chi connectivity index (χ4v) is 3.31. The van der Waals surface area contributed by atoms with Gasteiger partial charge in [-0.1, -0.05) is 32.8 Å². The molecule has 1 fully saturated rings. The highest BCUT2D eigenvalue weighted by Gasteiger charge is 2.20. The van der Waals surface area contributed by atoms with Crippen molar-refractivity contribution in [3.05, 3.63) is 35.9 Å². The van der Waals surface area contributed by atoms with Crippen molar-refractivity contribution in [3.63, 3.8) is 0 Å². The summed E-state index contributed by atoms with van der Waals surface area (Å²) >= 11 is 0. The first kappa shape index (κ1) is 15.1. The molecule has 4 heteroatoms. The van der Waals surface area contributed by atoms with Gasteiger partial charge in [0.25, 0.3) is 5.91 Å². The van der Waals surface area contributed by atoms with Gasteiger partial charge in [-0.15, -0.1) is 0 Å². The molecule has 0 spiro atoms. The molecule has 118 valence electrons. The predicted octanol–water partition coefficient (Wildman–Crippen LogP) is 3.45. The van der Waals surface area contributed by atoms with E-state index < -0.39 is 0 Å². The Morgan fingerprint density at radius 2 is 2.14 bits per heavy atom. The Kier molecular flexibility index (Phi) is 4.46. The van der Waals surface area contributed by atoms with E-state index in [9.17, 15) is 4.79 Å². The molecule has 0 saturated heterocycles. The van der Waals surface area contributed by atoms with Crippen molar-refractivity contribution in [1.82, 2.24) is 14.7 Å². The molecule has 1 saturated carbocycles. The number of carbonyl (C=O) groups excluding carboxylic acids is 1. The second kappa shape index (κ2) is 6.51. The minimum absolute atomic E-state index is 0.0365. The Balaban J connectivity index is 1.81. The van der Waals surface area contributed by atoms with Gasteiger partial charge in [0, 0.05) is 19.2 Å². The monoisotopic (exact) mass is 299 g/mol. The molecule has 22 heavy (non-hydrogen) atoms. The molecular weight excluding hydrogens is 274 g/mol. The van der Waals surface area contributed by atoms with Crippen molar-refractivity contribution in [3.8, 4) is 0 Å². The molecule has 2 aromatic heterocycles. The Labute approximate surface area is 131 Å². The second-order valence-corrected chi connectivity index (χ2v) is 6.79. The van der Waals surface area contributed by atoms with Crippen molar-refractivity contribution >= 4 is 11.4 Å². The van der Waals surface area contributed by atoms with Gasteiger partial charge in [0.1, 0.15) is 5.82 Å².